The third-order valence-electron chi connectivity index (χ3n) is 2.97. The smallest absolute Gasteiger partial charge is 0.340 e. The minimum absolute atomic E-state index is 0.162. The van der Waals surface area contributed by atoms with E-state index in [-0.39, 0.29) is 17.9 Å². The number of nitrogens with one attached hydrogen (secondary N) is 1. The highest BCUT2D eigenvalue weighted by Gasteiger charge is 2.15. The minimum Gasteiger partial charge on any atom is -0.452 e. The van der Waals surface area contributed by atoms with Crippen LogP contribution in [0.2, 0.25) is 0 Å². The fraction of sp³-hybridized carbons (Fsp3) is 0.118. The van der Waals surface area contributed by atoms with Crippen molar-refractivity contribution in [2.45, 2.75) is 6.42 Å². The largest absolute Gasteiger partial charge is 0.452 e. The van der Waals surface area contributed by atoms with Gasteiger partial charge in [-0.3, -0.25) is 9.59 Å². The normalized spacial score (nSPS) is 9.91. The first-order valence-corrected chi connectivity index (χ1v) is 6.94. The first kappa shape index (κ1) is 16.2. The highest BCUT2D eigenvalue weighted by atomic mass is 16.5. The van der Waals surface area contributed by atoms with Gasteiger partial charge in [-0.25, -0.2) is 4.79 Å². The van der Waals surface area contributed by atoms with Crippen LogP contribution in [-0.4, -0.2) is 24.4 Å². The van der Waals surface area contributed by atoms with E-state index in [1.807, 2.05) is 30.3 Å². The van der Waals surface area contributed by atoms with Gasteiger partial charge in [-0.05, 0) is 17.7 Å². The second-order valence-corrected chi connectivity index (χ2v) is 4.80. The summed E-state index contributed by atoms with van der Waals surface area (Å²) in [4.78, 5) is 34.7. The Hall–Kier alpha value is -3.15. The lowest BCUT2D eigenvalue weighted by molar-refractivity contribution is -0.121. The summed E-state index contributed by atoms with van der Waals surface area (Å²) in [5.41, 5.74) is 6.28. The molecule has 0 saturated heterocycles. The number of nitrogens with two attached hydrogens (primary N) is 1. The molecule has 118 valence electrons. The number of para-hydroxylation sites is 1. The quantitative estimate of drug-likeness (QED) is 0.790. The summed E-state index contributed by atoms with van der Waals surface area (Å²) in [7, 11) is 0. The van der Waals surface area contributed by atoms with Crippen molar-refractivity contribution in [3.05, 3.63) is 65.7 Å². The molecule has 2 rings (SSSR count). The Labute approximate surface area is 133 Å². The average molecular weight is 312 g/mol. The van der Waals surface area contributed by atoms with Gasteiger partial charge >= 0.3 is 5.97 Å². The monoisotopic (exact) mass is 312 g/mol. The Morgan fingerprint density at radius 1 is 0.957 bits per heavy atom. The summed E-state index contributed by atoms with van der Waals surface area (Å²) in [5.74, 6) is -1.73. The van der Waals surface area contributed by atoms with E-state index in [1.54, 1.807) is 18.2 Å². The molecule has 2 aromatic rings. The van der Waals surface area contributed by atoms with E-state index in [0.717, 1.165) is 5.56 Å². The van der Waals surface area contributed by atoms with Gasteiger partial charge < -0.3 is 15.8 Å². The second-order valence-electron chi connectivity index (χ2n) is 4.80. The predicted molar refractivity (Wildman–Crippen MR) is 84.7 cm³/mol. The maximum atomic E-state index is 12.1. The molecule has 0 bridgehead atoms. The molecule has 2 amide bonds. The molecule has 6 nitrogen and oxygen atoms in total. The van der Waals surface area contributed by atoms with E-state index in [0.29, 0.717) is 5.69 Å². The zero-order valence-corrected chi connectivity index (χ0v) is 12.3. The standard InChI is InChI=1S/C17H16N2O4/c18-15(20)11-23-17(22)13-8-4-5-9-14(13)19-16(21)10-12-6-2-1-3-7-12/h1-9H,10-11H2,(H2,18,20)(H,19,21). The van der Waals surface area contributed by atoms with E-state index in [1.165, 1.54) is 6.07 Å². The van der Waals surface area contributed by atoms with E-state index in [4.69, 9.17) is 10.5 Å². The van der Waals surface area contributed by atoms with Crippen molar-refractivity contribution in [3.8, 4) is 0 Å². The molecule has 2 aromatic carbocycles. The number of carbonyl (C=O) groups excluding carboxylic acids is 3. The number of ether oxygens (including phenoxy) is 1. The second kappa shape index (κ2) is 7.74. The lowest BCUT2D eigenvalue weighted by Crippen LogP contribution is -2.22. The molecular weight excluding hydrogens is 296 g/mol. The highest BCUT2D eigenvalue weighted by molar-refractivity contribution is 6.02. The summed E-state index contributed by atoms with van der Waals surface area (Å²) in [6, 6.07) is 15.6. The van der Waals surface area contributed by atoms with Gasteiger partial charge in [0.25, 0.3) is 5.91 Å². The zero-order chi connectivity index (χ0) is 16.7. The van der Waals surface area contributed by atoms with Crippen molar-refractivity contribution in [2.75, 3.05) is 11.9 Å². The van der Waals surface area contributed by atoms with Crippen LogP contribution < -0.4 is 11.1 Å². The Morgan fingerprint density at radius 2 is 1.61 bits per heavy atom. The van der Waals surface area contributed by atoms with Crippen LogP contribution in [0.3, 0.4) is 0 Å². The molecule has 0 radical (unpaired) electrons. The number of hydrogen-bond acceptors (Lipinski definition) is 4. The van der Waals surface area contributed by atoms with E-state index < -0.39 is 18.5 Å². The maximum Gasteiger partial charge on any atom is 0.340 e. The highest BCUT2D eigenvalue weighted by Crippen LogP contribution is 2.16. The number of benzene rings is 2. The molecule has 0 aliphatic rings. The Kier molecular flexibility index (Phi) is 5.46. The van der Waals surface area contributed by atoms with Crippen LogP contribution in [-0.2, 0) is 20.7 Å². The van der Waals surface area contributed by atoms with Crippen LogP contribution in [0.25, 0.3) is 0 Å². The van der Waals surface area contributed by atoms with Crippen LogP contribution in [0.4, 0.5) is 5.69 Å². The molecule has 6 heteroatoms. The van der Waals surface area contributed by atoms with Gasteiger partial charge in [0, 0.05) is 0 Å². The molecule has 0 spiro atoms. The van der Waals surface area contributed by atoms with Crippen molar-refractivity contribution < 1.29 is 19.1 Å². The molecule has 3 N–H and O–H groups in total. The summed E-state index contributed by atoms with van der Waals surface area (Å²) >= 11 is 0. The fourth-order valence-corrected chi connectivity index (χ4v) is 1.96. The first-order valence-electron chi connectivity index (χ1n) is 6.94. The average Bonchev–Trinajstić information content (AvgIpc) is 2.54. The summed E-state index contributed by atoms with van der Waals surface area (Å²) in [6.45, 7) is -0.509. The molecule has 0 atom stereocenters. The summed E-state index contributed by atoms with van der Waals surface area (Å²) < 4.78 is 4.77. The van der Waals surface area contributed by atoms with Crippen LogP contribution in [0.1, 0.15) is 15.9 Å². The van der Waals surface area contributed by atoms with Crippen LogP contribution in [0.15, 0.2) is 54.6 Å². The van der Waals surface area contributed by atoms with E-state index >= 15 is 0 Å². The third-order valence-corrected chi connectivity index (χ3v) is 2.97. The van der Waals surface area contributed by atoms with Crippen molar-refractivity contribution in [1.29, 1.82) is 0 Å². The number of carbonyl (C=O) groups is 3. The van der Waals surface area contributed by atoms with Gasteiger partial charge in [0.2, 0.25) is 5.91 Å². The van der Waals surface area contributed by atoms with Gasteiger partial charge in [0.05, 0.1) is 17.7 Å². The van der Waals surface area contributed by atoms with Crippen molar-refractivity contribution in [1.82, 2.24) is 0 Å². The van der Waals surface area contributed by atoms with Crippen LogP contribution in [0.5, 0.6) is 0 Å². The Bertz CT molecular complexity index is 714. The number of esters is 1. The van der Waals surface area contributed by atoms with Crippen LogP contribution in [0, 0.1) is 0 Å². The molecule has 0 aliphatic carbocycles. The number of primary amides is 1. The molecule has 0 aromatic heterocycles. The number of hydrogen-bond donors (Lipinski definition) is 2. The SMILES string of the molecule is NC(=O)COC(=O)c1ccccc1NC(=O)Cc1ccccc1. The van der Waals surface area contributed by atoms with Gasteiger partial charge in [0.1, 0.15) is 0 Å². The first-order chi connectivity index (χ1) is 11.1. The molecule has 0 fully saturated rings. The number of rotatable bonds is 6. The lowest BCUT2D eigenvalue weighted by Gasteiger charge is -2.10. The molecule has 23 heavy (non-hydrogen) atoms. The van der Waals surface area contributed by atoms with Gasteiger partial charge in [0.15, 0.2) is 6.61 Å². The molecule has 0 heterocycles. The zero-order valence-electron chi connectivity index (χ0n) is 12.3. The number of anilines is 1. The van der Waals surface area contributed by atoms with E-state index in [9.17, 15) is 14.4 Å². The summed E-state index contributed by atoms with van der Waals surface area (Å²) in [6.07, 6.45) is 0.186. The molecule has 0 saturated carbocycles. The third kappa shape index (κ3) is 4.96. The van der Waals surface area contributed by atoms with Crippen molar-refractivity contribution in [2.24, 2.45) is 5.73 Å². The van der Waals surface area contributed by atoms with Crippen molar-refractivity contribution >= 4 is 23.5 Å². The van der Waals surface area contributed by atoms with Gasteiger partial charge in [-0.15, -0.1) is 0 Å². The summed E-state index contributed by atoms with van der Waals surface area (Å²) in [5, 5.41) is 2.67. The molecule has 0 aliphatic heterocycles. The maximum absolute atomic E-state index is 12.1. The Balaban J connectivity index is 2.06. The van der Waals surface area contributed by atoms with E-state index in [2.05, 4.69) is 5.32 Å². The lowest BCUT2D eigenvalue weighted by atomic mass is 10.1. The van der Waals surface area contributed by atoms with Gasteiger partial charge in [-0.1, -0.05) is 42.5 Å². The fourth-order valence-electron chi connectivity index (χ4n) is 1.96. The molecular formula is C17H16N2O4. The molecule has 0 unspecified atom stereocenters. The minimum atomic E-state index is -0.746. The number of amides is 2. The topological polar surface area (TPSA) is 98.5 Å². The van der Waals surface area contributed by atoms with Gasteiger partial charge in [-0.2, -0.15) is 0 Å². The predicted octanol–water partition coefficient (Wildman–Crippen LogP) is 1.51. The Morgan fingerprint density at radius 3 is 2.30 bits per heavy atom. The van der Waals surface area contributed by atoms with Crippen LogP contribution >= 0.6 is 0 Å². The van der Waals surface area contributed by atoms with Crippen molar-refractivity contribution in [3.63, 3.8) is 0 Å².